The predicted molar refractivity (Wildman–Crippen MR) is 63.1 cm³/mol. The first-order valence-corrected chi connectivity index (χ1v) is 6.72. The normalized spacial score (nSPS) is 11.3. The fourth-order valence-electron chi connectivity index (χ4n) is 1.40. The van der Waals surface area contributed by atoms with Crippen LogP contribution in [0.3, 0.4) is 0 Å². The molecule has 0 unspecified atom stereocenters. The van der Waals surface area contributed by atoms with Gasteiger partial charge in [-0.1, -0.05) is 5.16 Å². The van der Waals surface area contributed by atoms with E-state index >= 15 is 0 Å². The van der Waals surface area contributed by atoms with E-state index in [1.54, 1.807) is 0 Å². The minimum Gasteiger partial charge on any atom is -0.478 e. The first-order chi connectivity index (χ1) is 9.79. The van der Waals surface area contributed by atoms with Crippen molar-refractivity contribution >= 4 is 15.7 Å². The van der Waals surface area contributed by atoms with Gasteiger partial charge in [-0.05, 0) is 0 Å². The molecule has 0 fully saturated rings. The Morgan fingerprint density at radius 2 is 2.19 bits per heavy atom. The Balaban J connectivity index is 2.41. The Labute approximate surface area is 116 Å². The first kappa shape index (κ1) is 14.8. The minimum atomic E-state index is -4.44. The Bertz CT molecular complexity index is 776. The van der Waals surface area contributed by atoms with Gasteiger partial charge in [-0.15, -0.1) is 0 Å². The van der Waals surface area contributed by atoms with E-state index in [1.807, 2.05) is 0 Å². The van der Waals surface area contributed by atoms with Crippen molar-refractivity contribution in [2.75, 3.05) is 0 Å². The molecule has 0 saturated carbocycles. The summed E-state index contributed by atoms with van der Waals surface area (Å²) in [4.78, 5) is 12.6. The van der Waals surface area contributed by atoms with Crippen molar-refractivity contribution in [1.29, 1.82) is 0 Å². The standard InChI is InChI=1S/C9H7FN4O6S/c10-5-1-7(19-3-9-12-4-20-13-9)6(14(15)16)2-8(5)21(11,17)18/h1-2,4H,3H2,(H2,11,17,18). The smallest absolute Gasteiger partial charge is 0.312 e. The fourth-order valence-corrected chi connectivity index (χ4v) is 2.01. The molecule has 2 N–H and O–H groups in total. The molecular formula is C9H7FN4O6S. The van der Waals surface area contributed by atoms with Gasteiger partial charge in [-0.3, -0.25) is 10.1 Å². The molecule has 112 valence electrons. The zero-order valence-electron chi connectivity index (χ0n) is 10.1. The SMILES string of the molecule is NS(=O)(=O)c1cc([N+](=O)[O-])c(OCc2ncon2)cc1F. The molecule has 0 atom stereocenters. The first-order valence-electron chi connectivity index (χ1n) is 5.18. The van der Waals surface area contributed by atoms with Crippen LogP contribution >= 0.6 is 0 Å². The average molecular weight is 318 g/mol. The van der Waals surface area contributed by atoms with Crippen LogP contribution in [0, 0.1) is 15.9 Å². The number of hydrogen-bond donors (Lipinski definition) is 1. The van der Waals surface area contributed by atoms with Crippen molar-refractivity contribution in [3.05, 3.63) is 40.3 Å². The Morgan fingerprint density at radius 1 is 1.48 bits per heavy atom. The molecule has 0 aliphatic carbocycles. The molecule has 1 aromatic carbocycles. The van der Waals surface area contributed by atoms with Crippen LogP contribution in [-0.2, 0) is 16.6 Å². The summed E-state index contributed by atoms with van der Waals surface area (Å²) in [5, 5.41) is 19.0. The monoisotopic (exact) mass is 318 g/mol. The van der Waals surface area contributed by atoms with E-state index in [1.165, 1.54) is 0 Å². The van der Waals surface area contributed by atoms with Gasteiger partial charge in [0.15, 0.2) is 6.61 Å². The molecular weight excluding hydrogens is 311 g/mol. The molecule has 0 amide bonds. The van der Waals surface area contributed by atoms with Crippen LogP contribution in [0.15, 0.2) is 27.9 Å². The third-order valence-electron chi connectivity index (χ3n) is 2.28. The van der Waals surface area contributed by atoms with E-state index in [0.29, 0.717) is 12.1 Å². The highest BCUT2D eigenvalue weighted by Gasteiger charge is 2.25. The number of benzene rings is 1. The molecule has 10 nitrogen and oxygen atoms in total. The van der Waals surface area contributed by atoms with Crippen molar-refractivity contribution in [1.82, 2.24) is 10.1 Å². The second-order valence-electron chi connectivity index (χ2n) is 3.69. The molecule has 2 rings (SSSR count). The number of sulfonamides is 1. The van der Waals surface area contributed by atoms with E-state index in [9.17, 15) is 22.9 Å². The van der Waals surface area contributed by atoms with Crippen LogP contribution in [0.2, 0.25) is 0 Å². The molecule has 1 heterocycles. The summed E-state index contributed by atoms with van der Waals surface area (Å²) >= 11 is 0. The molecule has 0 spiro atoms. The number of nitro groups is 1. The fraction of sp³-hybridized carbons (Fsp3) is 0.111. The number of hydrogen-bond acceptors (Lipinski definition) is 8. The zero-order chi connectivity index (χ0) is 15.6. The molecule has 2 aromatic rings. The quantitative estimate of drug-likeness (QED) is 0.612. The Morgan fingerprint density at radius 3 is 2.71 bits per heavy atom. The van der Waals surface area contributed by atoms with Gasteiger partial charge in [-0.2, -0.15) is 4.98 Å². The molecule has 0 bridgehead atoms. The number of aromatic nitrogens is 2. The third-order valence-corrected chi connectivity index (χ3v) is 3.21. The summed E-state index contributed by atoms with van der Waals surface area (Å²) in [7, 11) is -4.44. The highest BCUT2D eigenvalue weighted by molar-refractivity contribution is 7.89. The summed E-state index contributed by atoms with van der Waals surface area (Å²) in [6.45, 7) is -0.328. The number of ether oxygens (including phenoxy) is 1. The number of rotatable bonds is 5. The maximum absolute atomic E-state index is 13.6. The van der Waals surface area contributed by atoms with E-state index in [4.69, 9.17) is 9.88 Å². The van der Waals surface area contributed by atoms with Gasteiger partial charge in [0.1, 0.15) is 10.7 Å². The second-order valence-corrected chi connectivity index (χ2v) is 5.22. The summed E-state index contributed by atoms with van der Waals surface area (Å²) in [6.07, 6.45) is 1.01. The molecule has 0 aliphatic rings. The van der Waals surface area contributed by atoms with Gasteiger partial charge in [0.2, 0.25) is 28.0 Å². The zero-order valence-corrected chi connectivity index (χ0v) is 10.9. The second kappa shape index (κ2) is 5.41. The van der Waals surface area contributed by atoms with Crippen LogP contribution in [0.4, 0.5) is 10.1 Å². The van der Waals surface area contributed by atoms with Crippen molar-refractivity contribution in [3.63, 3.8) is 0 Å². The topological polar surface area (TPSA) is 151 Å². The number of halogens is 1. The van der Waals surface area contributed by atoms with Crippen LogP contribution < -0.4 is 9.88 Å². The minimum absolute atomic E-state index is 0.0697. The lowest BCUT2D eigenvalue weighted by atomic mass is 10.3. The van der Waals surface area contributed by atoms with Gasteiger partial charge in [0, 0.05) is 12.1 Å². The lowest BCUT2D eigenvalue weighted by Gasteiger charge is -2.07. The summed E-state index contributed by atoms with van der Waals surface area (Å²) in [5.74, 6) is -1.69. The van der Waals surface area contributed by atoms with E-state index in [-0.39, 0.29) is 12.4 Å². The van der Waals surface area contributed by atoms with Gasteiger partial charge in [0.25, 0.3) is 0 Å². The highest BCUT2D eigenvalue weighted by atomic mass is 32.2. The molecule has 12 heteroatoms. The molecule has 0 saturated heterocycles. The van der Waals surface area contributed by atoms with Gasteiger partial charge in [0.05, 0.1) is 4.92 Å². The molecule has 1 aromatic heterocycles. The van der Waals surface area contributed by atoms with E-state index in [0.717, 1.165) is 6.39 Å². The third kappa shape index (κ3) is 3.29. The number of nitrogens with two attached hydrogens (primary N) is 1. The van der Waals surface area contributed by atoms with Crippen molar-refractivity contribution in [2.24, 2.45) is 5.14 Å². The van der Waals surface area contributed by atoms with Crippen molar-refractivity contribution in [3.8, 4) is 5.75 Å². The van der Waals surface area contributed by atoms with Gasteiger partial charge in [-0.25, -0.2) is 17.9 Å². The van der Waals surface area contributed by atoms with E-state index < -0.39 is 37.1 Å². The van der Waals surface area contributed by atoms with Crippen LogP contribution in [0.1, 0.15) is 5.82 Å². The number of nitrogens with zero attached hydrogens (tertiary/aromatic N) is 3. The predicted octanol–water partition coefficient (Wildman–Crippen LogP) is 0.343. The van der Waals surface area contributed by atoms with Crippen molar-refractivity contribution in [2.45, 2.75) is 11.5 Å². The summed E-state index contributed by atoms with van der Waals surface area (Å²) < 4.78 is 45.3. The largest absolute Gasteiger partial charge is 0.478 e. The van der Waals surface area contributed by atoms with Crippen LogP contribution in [0.5, 0.6) is 5.75 Å². The maximum atomic E-state index is 13.6. The summed E-state index contributed by atoms with van der Waals surface area (Å²) in [6, 6.07) is 1.04. The van der Waals surface area contributed by atoms with Crippen molar-refractivity contribution < 1.29 is 27.0 Å². The molecule has 0 aliphatic heterocycles. The van der Waals surface area contributed by atoms with Crippen LogP contribution in [-0.4, -0.2) is 23.5 Å². The van der Waals surface area contributed by atoms with Gasteiger partial charge < -0.3 is 9.26 Å². The number of nitro benzene ring substituents is 1. The summed E-state index contributed by atoms with van der Waals surface area (Å²) in [5.41, 5.74) is -0.760. The Hall–Kier alpha value is -2.60. The average Bonchev–Trinajstić information content (AvgIpc) is 2.87. The Kier molecular flexibility index (Phi) is 3.82. The van der Waals surface area contributed by atoms with E-state index in [2.05, 4.69) is 14.7 Å². The molecule has 0 radical (unpaired) electrons. The maximum Gasteiger partial charge on any atom is 0.312 e. The van der Waals surface area contributed by atoms with Crippen LogP contribution in [0.25, 0.3) is 0 Å². The molecule has 21 heavy (non-hydrogen) atoms. The number of primary sulfonamides is 1. The van der Waals surface area contributed by atoms with Gasteiger partial charge >= 0.3 is 5.69 Å². The highest BCUT2D eigenvalue weighted by Crippen LogP contribution is 2.32. The lowest BCUT2D eigenvalue weighted by molar-refractivity contribution is -0.386. The lowest BCUT2D eigenvalue weighted by Crippen LogP contribution is -2.15.